The zero-order chi connectivity index (χ0) is 14.6. The van der Waals surface area contributed by atoms with Crippen LogP contribution in [0.5, 0.6) is 0 Å². The predicted octanol–water partition coefficient (Wildman–Crippen LogP) is 3.66. The van der Waals surface area contributed by atoms with Gasteiger partial charge in [-0.2, -0.15) is 0 Å². The molecule has 0 aromatic heterocycles. The van der Waals surface area contributed by atoms with Crippen LogP contribution in [0.1, 0.15) is 35.3 Å². The summed E-state index contributed by atoms with van der Waals surface area (Å²) in [7, 11) is 0. The summed E-state index contributed by atoms with van der Waals surface area (Å²) in [6, 6.07) is 16.7. The molecule has 0 bridgehead atoms. The lowest BCUT2D eigenvalue weighted by Crippen LogP contribution is -2.30. The van der Waals surface area contributed by atoms with E-state index >= 15 is 0 Å². The molecule has 0 saturated carbocycles. The quantitative estimate of drug-likeness (QED) is 0.877. The highest BCUT2D eigenvalue weighted by atomic mass is 35.5. The molecule has 0 heterocycles. The first-order valence-corrected chi connectivity index (χ1v) is 6.58. The van der Waals surface area contributed by atoms with Crippen LogP contribution < -0.4 is 5.73 Å². The Morgan fingerprint density at radius 1 is 1.05 bits per heavy atom. The lowest BCUT2D eigenvalue weighted by Gasteiger charge is -2.22. The normalized spacial score (nSPS) is 10.6. The fourth-order valence-electron chi connectivity index (χ4n) is 2.08. The maximum atomic E-state index is 11.9. The molecule has 0 unspecified atom stereocenters. The van der Waals surface area contributed by atoms with Gasteiger partial charge in [0.05, 0.1) is 5.56 Å². The van der Waals surface area contributed by atoms with Crippen molar-refractivity contribution >= 4 is 18.4 Å². The molecule has 0 aliphatic heterocycles. The van der Waals surface area contributed by atoms with E-state index in [1.54, 1.807) is 12.1 Å². The minimum Gasteiger partial charge on any atom is -0.457 e. The van der Waals surface area contributed by atoms with Crippen molar-refractivity contribution in [3.8, 4) is 0 Å². The summed E-state index contributed by atoms with van der Waals surface area (Å²) in [6.07, 6.45) is 0. The molecule has 0 aliphatic rings. The van der Waals surface area contributed by atoms with Crippen LogP contribution in [0.3, 0.4) is 0 Å². The molecule has 2 N–H and O–H groups in total. The number of hydrogen-bond acceptors (Lipinski definition) is 3. The highest BCUT2D eigenvalue weighted by Gasteiger charge is 2.18. The number of ether oxygens (including phenoxy) is 1. The van der Waals surface area contributed by atoms with Gasteiger partial charge in [0, 0.05) is 5.54 Å². The van der Waals surface area contributed by atoms with Gasteiger partial charge in [0.2, 0.25) is 0 Å². The largest absolute Gasteiger partial charge is 0.457 e. The average molecular weight is 306 g/mol. The van der Waals surface area contributed by atoms with Gasteiger partial charge in [0.25, 0.3) is 0 Å². The van der Waals surface area contributed by atoms with E-state index in [0.717, 1.165) is 11.1 Å². The molecule has 3 nitrogen and oxygen atoms in total. The van der Waals surface area contributed by atoms with Crippen LogP contribution in [0.2, 0.25) is 0 Å². The molecule has 2 aromatic rings. The maximum absolute atomic E-state index is 11.9. The van der Waals surface area contributed by atoms with Crippen molar-refractivity contribution in [3.63, 3.8) is 0 Å². The molecule has 0 spiro atoms. The summed E-state index contributed by atoms with van der Waals surface area (Å²) in [6.45, 7) is 4.10. The topological polar surface area (TPSA) is 52.3 Å². The van der Waals surface area contributed by atoms with Crippen molar-refractivity contribution in [3.05, 3.63) is 71.3 Å². The smallest absolute Gasteiger partial charge is 0.338 e. The van der Waals surface area contributed by atoms with Gasteiger partial charge in [-0.3, -0.25) is 0 Å². The zero-order valence-electron chi connectivity index (χ0n) is 12.2. The molecule has 0 atom stereocenters. The first-order chi connectivity index (χ1) is 9.48. The number of halogens is 1. The molecule has 112 valence electrons. The number of carbonyl (C=O) groups is 1. The molecule has 0 aliphatic carbocycles. The second-order valence-corrected chi connectivity index (χ2v) is 5.32. The molecule has 4 heteroatoms. The Balaban J connectivity index is 0.00000220. The highest BCUT2D eigenvalue weighted by molar-refractivity contribution is 5.89. The minimum absolute atomic E-state index is 0. The molecule has 0 saturated heterocycles. The van der Waals surface area contributed by atoms with Crippen molar-refractivity contribution in [1.29, 1.82) is 0 Å². The zero-order valence-corrected chi connectivity index (χ0v) is 13.0. The molecule has 0 amide bonds. The number of carbonyl (C=O) groups excluding carboxylic acids is 1. The third-order valence-corrected chi connectivity index (χ3v) is 3.08. The van der Waals surface area contributed by atoms with Crippen LogP contribution in [0.25, 0.3) is 0 Å². The summed E-state index contributed by atoms with van der Waals surface area (Å²) in [5.74, 6) is -0.324. The van der Waals surface area contributed by atoms with Gasteiger partial charge in [-0.1, -0.05) is 42.5 Å². The Bertz CT molecular complexity index is 591. The van der Waals surface area contributed by atoms with Gasteiger partial charge in [0.1, 0.15) is 6.61 Å². The molecule has 2 rings (SSSR count). The Kier molecular flexibility index (Phi) is 5.94. The van der Waals surface area contributed by atoms with Crippen molar-refractivity contribution in [2.45, 2.75) is 26.0 Å². The maximum Gasteiger partial charge on any atom is 0.338 e. The Labute approximate surface area is 131 Å². The van der Waals surface area contributed by atoms with Crippen LogP contribution >= 0.6 is 12.4 Å². The first-order valence-electron chi connectivity index (χ1n) is 6.58. The SMILES string of the molecule is CC(C)(N)c1ccccc1COC(=O)c1ccccc1.Cl. The van der Waals surface area contributed by atoms with E-state index < -0.39 is 5.54 Å². The van der Waals surface area contributed by atoms with E-state index in [9.17, 15) is 4.79 Å². The van der Waals surface area contributed by atoms with Gasteiger partial charge in [-0.15, -0.1) is 12.4 Å². The van der Waals surface area contributed by atoms with Gasteiger partial charge in [0.15, 0.2) is 0 Å². The van der Waals surface area contributed by atoms with E-state index in [2.05, 4.69) is 0 Å². The van der Waals surface area contributed by atoms with E-state index in [0.29, 0.717) is 5.56 Å². The number of nitrogens with two attached hydrogens (primary N) is 1. The third-order valence-electron chi connectivity index (χ3n) is 3.08. The Hall–Kier alpha value is -1.84. The second-order valence-electron chi connectivity index (χ2n) is 5.32. The van der Waals surface area contributed by atoms with Crippen LogP contribution in [0, 0.1) is 0 Å². The van der Waals surface area contributed by atoms with Crippen molar-refractivity contribution in [1.82, 2.24) is 0 Å². The summed E-state index contributed by atoms with van der Waals surface area (Å²) < 4.78 is 5.36. The van der Waals surface area contributed by atoms with Gasteiger partial charge in [-0.25, -0.2) is 4.79 Å². The molecular formula is C17H20ClNO2. The number of rotatable bonds is 4. The standard InChI is InChI=1S/C17H19NO2.ClH/c1-17(2,18)15-11-7-6-10-14(15)12-20-16(19)13-8-4-3-5-9-13;/h3-11H,12,18H2,1-2H3;1H. The van der Waals surface area contributed by atoms with Crippen LogP contribution in [-0.2, 0) is 16.9 Å². The van der Waals surface area contributed by atoms with Gasteiger partial charge in [-0.05, 0) is 37.1 Å². The monoisotopic (exact) mass is 305 g/mol. The number of esters is 1. The second kappa shape index (κ2) is 7.25. The van der Waals surface area contributed by atoms with Crippen LogP contribution in [0.15, 0.2) is 54.6 Å². The summed E-state index contributed by atoms with van der Waals surface area (Å²) >= 11 is 0. The van der Waals surface area contributed by atoms with Crippen LogP contribution in [-0.4, -0.2) is 5.97 Å². The summed E-state index contributed by atoms with van der Waals surface area (Å²) in [5.41, 5.74) is 8.15. The highest BCUT2D eigenvalue weighted by Crippen LogP contribution is 2.22. The summed E-state index contributed by atoms with van der Waals surface area (Å²) in [5, 5.41) is 0. The van der Waals surface area contributed by atoms with Crippen molar-refractivity contribution in [2.75, 3.05) is 0 Å². The van der Waals surface area contributed by atoms with E-state index in [4.69, 9.17) is 10.5 Å². The van der Waals surface area contributed by atoms with Gasteiger partial charge < -0.3 is 10.5 Å². The van der Waals surface area contributed by atoms with Gasteiger partial charge >= 0.3 is 5.97 Å². The van der Waals surface area contributed by atoms with E-state index in [1.165, 1.54) is 0 Å². The third kappa shape index (κ3) is 4.59. The van der Waals surface area contributed by atoms with E-state index in [-0.39, 0.29) is 25.0 Å². The summed E-state index contributed by atoms with van der Waals surface area (Å²) in [4.78, 5) is 11.9. The predicted molar refractivity (Wildman–Crippen MR) is 86.5 cm³/mol. The first kappa shape index (κ1) is 17.2. The minimum atomic E-state index is -0.463. The fourth-order valence-corrected chi connectivity index (χ4v) is 2.08. The number of hydrogen-bond donors (Lipinski definition) is 1. The lowest BCUT2D eigenvalue weighted by molar-refractivity contribution is 0.0470. The Morgan fingerprint density at radius 2 is 1.62 bits per heavy atom. The molecule has 21 heavy (non-hydrogen) atoms. The molecule has 0 radical (unpaired) electrons. The van der Waals surface area contributed by atoms with Crippen molar-refractivity contribution < 1.29 is 9.53 Å². The molecule has 0 fully saturated rings. The number of benzene rings is 2. The fraction of sp³-hybridized carbons (Fsp3) is 0.235. The van der Waals surface area contributed by atoms with Crippen LogP contribution in [0.4, 0.5) is 0 Å². The average Bonchev–Trinajstić information content (AvgIpc) is 2.45. The lowest BCUT2D eigenvalue weighted by atomic mass is 9.91. The Morgan fingerprint density at radius 3 is 2.24 bits per heavy atom. The molecule has 2 aromatic carbocycles. The molecular weight excluding hydrogens is 286 g/mol. The van der Waals surface area contributed by atoms with E-state index in [1.807, 2.05) is 56.3 Å². The van der Waals surface area contributed by atoms with Crippen molar-refractivity contribution in [2.24, 2.45) is 5.73 Å².